The van der Waals surface area contributed by atoms with E-state index < -0.39 is 17.1 Å². The second-order valence-corrected chi connectivity index (χ2v) is 4.93. The van der Waals surface area contributed by atoms with E-state index in [4.69, 9.17) is 11.6 Å². The molecule has 0 bridgehead atoms. The molecule has 0 nitrogen and oxygen atoms in total. The van der Waals surface area contributed by atoms with Crippen molar-refractivity contribution in [1.82, 2.24) is 0 Å². The van der Waals surface area contributed by atoms with E-state index in [0.717, 1.165) is 12.1 Å². The Labute approximate surface area is 119 Å². The Hall–Kier alpha value is -1.55. The van der Waals surface area contributed by atoms with Crippen LogP contribution in [-0.4, -0.2) is 0 Å². The van der Waals surface area contributed by atoms with Gasteiger partial charge >= 0.3 is 6.18 Å². The molecule has 0 radical (unpaired) electrons. The molecule has 106 valence electrons. The Kier molecular flexibility index (Phi) is 4.04. The van der Waals surface area contributed by atoms with Gasteiger partial charge < -0.3 is 0 Å². The standard InChI is InChI=1S/C15H11ClF4/c1-9-8-11(4-7-13(9)17)14(16)10-2-5-12(6-3-10)15(18,19)20/h2-8,14H,1H3. The van der Waals surface area contributed by atoms with Crippen molar-refractivity contribution in [3.05, 3.63) is 70.5 Å². The lowest BCUT2D eigenvalue weighted by Crippen LogP contribution is -2.05. The summed E-state index contributed by atoms with van der Waals surface area (Å²) in [4.78, 5) is 0. The van der Waals surface area contributed by atoms with Crippen LogP contribution in [0.25, 0.3) is 0 Å². The van der Waals surface area contributed by atoms with Gasteiger partial charge in [0.1, 0.15) is 5.82 Å². The number of alkyl halides is 4. The predicted octanol–water partition coefficient (Wildman–Crippen LogP) is 5.48. The van der Waals surface area contributed by atoms with Crippen LogP contribution in [-0.2, 0) is 6.18 Å². The molecule has 2 aromatic rings. The van der Waals surface area contributed by atoms with E-state index in [1.807, 2.05) is 0 Å². The molecule has 2 aromatic carbocycles. The lowest BCUT2D eigenvalue weighted by Gasteiger charge is -2.13. The van der Waals surface area contributed by atoms with Crippen molar-refractivity contribution in [3.63, 3.8) is 0 Å². The smallest absolute Gasteiger partial charge is 0.207 e. The quantitative estimate of drug-likeness (QED) is 0.509. The van der Waals surface area contributed by atoms with Gasteiger partial charge in [0.15, 0.2) is 0 Å². The summed E-state index contributed by atoms with van der Waals surface area (Å²) in [6, 6.07) is 9.05. The Balaban J connectivity index is 2.29. The van der Waals surface area contributed by atoms with Crippen molar-refractivity contribution in [2.45, 2.75) is 18.5 Å². The average Bonchev–Trinajstić information content (AvgIpc) is 2.40. The maximum Gasteiger partial charge on any atom is 0.416 e. The zero-order chi connectivity index (χ0) is 14.9. The van der Waals surface area contributed by atoms with Crippen molar-refractivity contribution >= 4 is 11.6 Å². The van der Waals surface area contributed by atoms with E-state index in [-0.39, 0.29) is 5.82 Å². The summed E-state index contributed by atoms with van der Waals surface area (Å²) in [6.45, 7) is 1.61. The van der Waals surface area contributed by atoms with E-state index in [1.54, 1.807) is 13.0 Å². The zero-order valence-corrected chi connectivity index (χ0v) is 11.3. The van der Waals surface area contributed by atoms with E-state index in [9.17, 15) is 17.6 Å². The summed E-state index contributed by atoms with van der Waals surface area (Å²) in [5.41, 5.74) is 0.900. The third-order valence-corrected chi connectivity index (χ3v) is 3.51. The molecule has 0 spiro atoms. The Morgan fingerprint density at radius 3 is 2.00 bits per heavy atom. The fourth-order valence-corrected chi connectivity index (χ4v) is 2.14. The highest BCUT2D eigenvalue weighted by atomic mass is 35.5. The SMILES string of the molecule is Cc1cc(C(Cl)c2ccc(C(F)(F)F)cc2)ccc1F. The van der Waals surface area contributed by atoms with Crippen LogP contribution in [0.1, 0.15) is 27.6 Å². The molecule has 0 fully saturated rings. The van der Waals surface area contributed by atoms with Gasteiger partial charge in [-0.2, -0.15) is 13.2 Å². The van der Waals surface area contributed by atoms with Crippen LogP contribution in [0.4, 0.5) is 17.6 Å². The highest BCUT2D eigenvalue weighted by Gasteiger charge is 2.30. The normalized spacial score (nSPS) is 13.3. The highest BCUT2D eigenvalue weighted by molar-refractivity contribution is 6.22. The van der Waals surface area contributed by atoms with Crippen molar-refractivity contribution in [2.75, 3.05) is 0 Å². The Morgan fingerprint density at radius 1 is 0.950 bits per heavy atom. The van der Waals surface area contributed by atoms with E-state index in [0.29, 0.717) is 16.7 Å². The van der Waals surface area contributed by atoms with Gasteiger partial charge in [-0.25, -0.2) is 4.39 Å². The molecule has 0 N–H and O–H groups in total. The van der Waals surface area contributed by atoms with E-state index in [2.05, 4.69) is 0 Å². The lowest BCUT2D eigenvalue weighted by molar-refractivity contribution is -0.137. The monoisotopic (exact) mass is 302 g/mol. The molecule has 1 atom stereocenters. The summed E-state index contributed by atoms with van der Waals surface area (Å²) in [5.74, 6) is -0.343. The van der Waals surface area contributed by atoms with Gasteiger partial charge in [-0.1, -0.05) is 24.3 Å². The summed E-state index contributed by atoms with van der Waals surface area (Å²) in [5, 5.41) is -0.614. The largest absolute Gasteiger partial charge is 0.416 e. The second-order valence-electron chi connectivity index (χ2n) is 4.49. The van der Waals surface area contributed by atoms with Gasteiger partial charge in [0.25, 0.3) is 0 Å². The molecular formula is C15H11ClF4. The molecule has 0 saturated heterocycles. The van der Waals surface area contributed by atoms with Gasteiger partial charge in [-0.15, -0.1) is 11.6 Å². The number of aryl methyl sites for hydroxylation is 1. The second kappa shape index (κ2) is 5.44. The fraction of sp³-hybridized carbons (Fsp3) is 0.200. The van der Waals surface area contributed by atoms with Crippen molar-refractivity contribution in [2.24, 2.45) is 0 Å². The van der Waals surface area contributed by atoms with Crippen LogP contribution in [0.3, 0.4) is 0 Å². The van der Waals surface area contributed by atoms with Crippen molar-refractivity contribution < 1.29 is 17.6 Å². The van der Waals surface area contributed by atoms with Crippen LogP contribution in [0.5, 0.6) is 0 Å². The van der Waals surface area contributed by atoms with Crippen LogP contribution in [0.15, 0.2) is 42.5 Å². The summed E-state index contributed by atoms with van der Waals surface area (Å²) in [6.07, 6.45) is -4.37. The van der Waals surface area contributed by atoms with Gasteiger partial charge in [0, 0.05) is 0 Å². The number of benzene rings is 2. The molecule has 0 aromatic heterocycles. The average molecular weight is 303 g/mol. The minimum atomic E-state index is -4.37. The maximum absolute atomic E-state index is 13.2. The molecule has 0 aliphatic rings. The fourth-order valence-electron chi connectivity index (χ4n) is 1.86. The van der Waals surface area contributed by atoms with Crippen LogP contribution >= 0.6 is 11.6 Å². The first-order valence-electron chi connectivity index (χ1n) is 5.86. The Morgan fingerprint density at radius 2 is 1.50 bits per heavy atom. The maximum atomic E-state index is 13.2. The third-order valence-electron chi connectivity index (χ3n) is 3.01. The molecule has 0 aliphatic heterocycles. The topological polar surface area (TPSA) is 0 Å². The molecule has 0 heterocycles. The Bertz CT molecular complexity index is 602. The molecule has 0 aliphatic carbocycles. The van der Waals surface area contributed by atoms with Crippen LogP contribution in [0.2, 0.25) is 0 Å². The number of rotatable bonds is 2. The van der Waals surface area contributed by atoms with Gasteiger partial charge in [-0.3, -0.25) is 0 Å². The van der Waals surface area contributed by atoms with Crippen molar-refractivity contribution in [3.8, 4) is 0 Å². The number of halogens is 5. The first kappa shape index (κ1) is 14.9. The van der Waals surface area contributed by atoms with E-state index >= 15 is 0 Å². The van der Waals surface area contributed by atoms with Crippen molar-refractivity contribution in [1.29, 1.82) is 0 Å². The van der Waals surface area contributed by atoms with Gasteiger partial charge in [-0.05, 0) is 41.8 Å². The third kappa shape index (κ3) is 3.12. The minimum Gasteiger partial charge on any atom is -0.207 e. The van der Waals surface area contributed by atoms with Gasteiger partial charge in [0.2, 0.25) is 0 Å². The molecule has 5 heteroatoms. The van der Waals surface area contributed by atoms with Gasteiger partial charge in [0.05, 0.1) is 10.9 Å². The first-order chi connectivity index (χ1) is 9.29. The number of hydrogen-bond donors (Lipinski definition) is 0. The minimum absolute atomic E-state index is 0.343. The predicted molar refractivity (Wildman–Crippen MR) is 70.3 cm³/mol. The highest BCUT2D eigenvalue weighted by Crippen LogP contribution is 2.33. The number of hydrogen-bond acceptors (Lipinski definition) is 0. The molecule has 1 unspecified atom stereocenters. The van der Waals surface area contributed by atoms with Crippen LogP contribution in [0, 0.1) is 12.7 Å². The molecule has 20 heavy (non-hydrogen) atoms. The van der Waals surface area contributed by atoms with Crippen LogP contribution < -0.4 is 0 Å². The summed E-state index contributed by atoms with van der Waals surface area (Å²) < 4.78 is 50.6. The van der Waals surface area contributed by atoms with E-state index in [1.165, 1.54) is 24.3 Å². The molecule has 0 saturated carbocycles. The first-order valence-corrected chi connectivity index (χ1v) is 6.30. The molecular weight excluding hydrogens is 292 g/mol. The summed E-state index contributed by atoms with van der Waals surface area (Å²) >= 11 is 6.22. The molecule has 2 rings (SSSR count). The lowest BCUT2D eigenvalue weighted by atomic mass is 10.0. The zero-order valence-electron chi connectivity index (χ0n) is 10.5. The summed E-state index contributed by atoms with van der Waals surface area (Å²) in [7, 11) is 0. The molecule has 0 amide bonds.